The molecule has 36 heavy (non-hydrogen) atoms. The van der Waals surface area contributed by atoms with E-state index in [1.165, 1.54) is 19.3 Å². The topological polar surface area (TPSA) is 82.2 Å². The Morgan fingerprint density at radius 2 is 1.61 bits per heavy atom. The van der Waals surface area contributed by atoms with Crippen molar-refractivity contribution in [3.8, 4) is 0 Å². The van der Waals surface area contributed by atoms with E-state index >= 15 is 0 Å². The minimum Gasteiger partial charge on any atom is -0.369 e. The summed E-state index contributed by atoms with van der Waals surface area (Å²) in [6, 6.07) is 7.53. The van der Waals surface area contributed by atoms with Crippen molar-refractivity contribution in [2.75, 3.05) is 44.2 Å². The quantitative estimate of drug-likeness (QED) is 0.653. The molecule has 0 bridgehead atoms. The molecular formula is C28H38N4O4. The summed E-state index contributed by atoms with van der Waals surface area (Å²) in [7, 11) is 0. The van der Waals surface area contributed by atoms with E-state index < -0.39 is 12.1 Å². The Hall–Kier alpha value is -2.45. The summed E-state index contributed by atoms with van der Waals surface area (Å²) in [6.07, 6.45) is 8.34. The fourth-order valence-corrected chi connectivity index (χ4v) is 6.70. The van der Waals surface area contributed by atoms with E-state index in [1.807, 2.05) is 24.3 Å². The predicted molar refractivity (Wildman–Crippen MR) is 136 cm³/mol. The van der Waals surface area contributed by atoms with Crippen molar-refractivity contribution in [3.63, 3.8) is 0 Å². The highest BCUT2D eigenvalue weighted by molar-refractivity contribution is 5.99. The standard InChI is InChI=1S/C28H38N4O4/c33-23-18-36-24-12-13-32(26(23)24)28(35)25(19-4-2-1-3-5-19)29-27(34)20-6-8-21(9-7-20)30-14-16-31(17-15-30)22-10-11-22/h6-9,19,22,24-26H,1-5,10-18H2,(H,29,34)/t24-,25+,26-/m1/s1. The van der Waals surface area contributed by atoms with E-state index in [2.05, 4.69) is 15.1 Å². The molecule has 5 aliphatic rings. The van der Waals surface area contributed by atoms with Gasteiger partial charge in [0.1, 0.15) is 18.7 Å². The number of carbonyl (C=O) groups is 3. The molecule has 6 rings (SSSR count). The maximum Gasteiger partial charge on any atom is 0.251 e. The van der Waals surface area contributed by atoms with Gasteiger partial charge >= 0.3 is 0 Å². The fourth-order valence-electron chi connectivity index (χ4n) is 6.70. The van der Waals surface area contributed by atoms with E-state index in [1.54, 1.807) is 4.90 Å². The molecule has 0 spiro atoms. The smallest absolute Gasteiger partial charge is 0.251 e. The number of ether oxygens (including phenoxy) is 1. The van der Waals surface area contributed by atoms with Crippen molar-refractivity contribution < 1.29 is 19.1 Å². The molecule has 3 saturated heterocycles. The lowest BCUT2D eigenvalue weighted by Crippen LogP contribution is -2.55. The van der Waals surface area contributed by atoms with Gasteiger partial charge in [-0.05, 0) is 62.3 Å². The molecular weight excluding hydrogens is 456 g/mol. The van der Waals surface area contributed by atoms with Crippen LogP contribution in [-0.4, -0.2) is 91.0 Å². The van der Waals surface area contributed by atoms with Gasteiger partial charge in [-0.15, -0.1) is 0 Å². The van der Waals surface area contributed by atoms with Crippen LogP contribution in [-0.2, 0) is 14.3 Å². The van der Waals surface area contributed by atoms with Crippen LogP contribution in [0.5, 0.6) is 0 Å². The number of piperazine rings is 1. The number of hydrogen-bond donors (Lipinski definition) is 1. The first-order valence-electron chi connectivity index (χ1n) is 13.9. The Morgan fingerprint density at radius 1 is 0.889 bits per heavy atom. The molecule has 0 aromatic heterocycles. The molecule has 0 unspecified atom stereocenters. The molecule has 2 amide bonds. The molecule has 1 aromatic rings. The normalized spacial score (nSPS) is 28.3. The summed E-state index contributed by atoms with van der Waals surface area (Å²) in [5, 5.41) is 3.10. The van der Waals surface area contributed by atoms with Crippen LogP contribution in [0.4, 0.5) is 5.69 Å². The van der Waals surface area contributed by atoms with Crippen LogP contribution in [0.2, 0.25) is 0 Å². The summed E-state index contributed by atoms with van der Waals surface area (Å²) >= 11 is 0. The van der Waals surface area contributed by atoms with Crippen LogP contribution < -0.4 is 10.2 Å². The van der Waals surface area contributed by atoms with Crippen molar-refractivity contribution in [1.82, 2.24) is 15.1 Å². The molecule has 8 heteroatoms. The number of amides is 2. The summed E-state index contributed by atoms with van der Waals surface area (Å²) < 4.78 is 5.59. The third-order valence-electron chi connectivity index (χ3n) is 8.94. The second kappa shape index (κ2) is 10.1. The average molecular weight is 495 g/mol. The first-order chi connectivity index (χ1) is 17.6. The van der Waals surface area contributed by atoms with Crippen molar-refractivity contribution in [2.45, 2.75) is 75.6 Å². The Bertz CT molecular complexity index is 980. The predicted octanol–water partition coefficient (Wildman–Crippen LogP) is 2.22. The maximum atomic E-state index is 13.7. The monoisotopic (exact) mass is 494 g/mol. The molecule has 1 aromatic carbocycles. The van der Waals surface area contributed by atoms with Crippen molar-refractivity contribution in [2.24, 2.45) is 5.92 Å². The third-order valence-corrected chi connectivity index (χ3v) is 8.94. The lowest BCUT2D eigenvalue weighted by Gasteiger charge is -2.36. The van der Waals surface area contributed by atoms with Gasteiger partial charge in [0.05, 0.1) is 6.10 Å². The van der Waals surface area contributed by atoms with Gasteiger partial charge in [0.25, 0.3) is 5.91 Å². The lowest BCUT2D eigenvalue weighted by atomic mass is 9.83. The van der Waals surface area contributed by atoms with E-state index in [9.17, 15) is 14.4 Å². The second-order valence-electron chi connectivity index (χ2n) is 11.2. The number of nitrogens with one attached hydrogen (secondary N) is 1. The lowest BCUT2D eigenvalue weighted by molar-refractivity contribution is -0.139. The Balaban J connectivity index is 1.13. The van der Waals surface area contributed by atoms with Gasteiger partial charge in [-0.3, -0.25) is 19.3 Å². The van der Waals surface area contributed by atoms with Gasteiger partial charge in [0.2, 0.25) is 5.91 Å². The molecule has 8 nitrogen and oxygen atoms in total. The average Bonchev–Trinajstić information content (AvgIpc) is 3.59. The number of rotatable bonds is 6. The summed E-state index contributed by atoms with van der Waals surface area (Å²) in [5.74, 6) is -0.248. The number of benzene rings is 1. The summed E-state index contributed by atoms with van der Waals surface area (Å²) in [4.78, 5) is 46.1. The molecule has 3 heterocycles. The number of nitrogens with zero attached hydrogens (tertiary/aromatic N) is 3. The molecule has 2 aliphatic carbocycles. The zero-order valence-electron chi connectivity index (χ0n) is 21.1. The molecule has 3 aliphatic heterocycles. The zero-order valence-corrected chi connectivity index (χ0v) is 21.1. The highest BCUT2D eigenvalue weighted by Gasteiger charge is 2.49. The second-order valence-corrected chi connectivity index (χ2v) is 11.2. The van der Waals surface area contributed by atoms with E-state index in [0.717, 1.165) is 63.6 Å². The largest absolute Gasteiger partial charge is 0.369 e. The Labute approximate surface area is 213 Å². The Kier molecular flexibility index (Phi) is 6.73. The first-order valence-corrected chi connectivity index (χ1v) is 13.9. The van der Waals surface area contributed by atoms with Crippen molar-refractivity contribution >= 4 is 23.3 Å². The number of anilines is 1. The van der Waals surface area contributed by atoms with Gasteiger partial charge in [-0.2, -0.15) is 0 Å². The summed E-state index contributed by atoms with van der Waals surface area (Å²) in [6.45, 7) is 4.83. The van der Waals surface area contributed by atoms with Crippen LogP contribution in [0.15, 0.2) is 24.3 Å². The number of hydrogen-bond acceptors (Lipinski definition) is 6. The Morgan fingerprint density at radius 3 is 2.31 bits per heavy atom. The fraction of sp³-hybridized carbons (Fsp3) is 0.679. The van der Waals surface area contributed by atoms with Gasteiger partial charge in [0, 0.05) is 50.0 Å². The number of ketones is 1. The van der Waals surface area contributed by atoms with Gasteiger partial charge in [0.15, 0.2) is 5.78 Å². The minimum absolute atomic E-state index is 0.0203. The van der Waals surface area contributed by atoms with Gasteiger partial charge in [-0.25, -0.2) is 0 Å². The van der Waals surface area contributed by atoms with Crippen LogP contribution >= 0.6 is 0 Å². The third kappa shape index (κ3) is 4.77. The van der Waals surface area contributed by atoms with E-state index in [0.29, 0.717) is 18.5 Å². The maximum absolute atomic E-state index is 13.7. The van der Waals surface area contributed by atoms with Crippen molar-refractivity contribution in [3.05, 3.63) is 29.8 Å². The van der Waals surface area contributed by atoms with E-state index in [4.69, 9.17) is 4.74 Å². The van der Waals surface area contributed by atoms with Crippen LogP contribution in [0.3, 0.4) is 0 Å². The van der Waals surface area contributed by atoms with Crippen molar-refractivity contribution in [1.29, 1.82) is 0 Å². The molecule has 5 fully saturated rings. The molecule has 2 saturated carbocycles. The number of Topliss-reactive ketones (excluding diaryl/α,β-unsaturated/α-hetero) is 1. The van der Waals surface area contributed by atoms with Crippen LogP contribution in [0, 0.1) is 5.92 Å². The molecule has 1 N–H and O–H groups in total. The first kappa shape index (κ1) is 23.9. The van der Waals surface area contributed by atoms with Gasteiger partial charge < -0.3 is 19.9 Å². The highest BCUT2D eigenvalue weighted by Crippen LogP contribution is 2.32. The van der Waals surface area contributed by atoms with E-state index in [-0.39, 0.29) is 36.2 Å². The summed E-state index contributed by atoms with van der Waals surface area (Å²) in [5.41, 5.74) is 1.72. The number of carbonyl (C=O) groups excluding carboxylic acids is 3. The molecule has 194 valence electrons. The highest BCUT2D eigenvalue weighted by atomic mass is 16.5. The van der Waals surface area contributed by atoms with Crippen LogP contribution in [0.1, 0.15) is 61.7 Å². The van der Waals surface area contributed by atoms with Crippen LogP contribution in [0.25, 0.3) is 0 Å². The zero-order chi connectivity index (χ0) is 24.6. The van der Waals surface area contributed by atoms with Gasteiger partial charge in [-0.1, -0.05) is 19.3 Å². The SMILES string of the molecule is O=C(N[C@H](C(=O)N1CC[C@H]2OCC(=O)[C@H]21)C1CCCCC1)c1ccc(N2CCN(C3CC3)CC2)cc1. The molecule has 3 atom stereocenters. The number of likely N-dealkylation sites (tertiary alicyclic amines) is 1. The minimum atomic E-state index is -0.597. The number of fused-ring (bicyclic) bond motifs is 1. The molecule has 0 radical (unpaired) electrons.